The molecule has 1 aromatic heterocycles. The number of rotatable bonds is 3. The number of benzene rings is 1. The molecule has 6 nitrogen and oxygen atoms in total. The van der Waals surface area contributed by atoms with E-state index < -0.39 is 16.4 Å². The zero-order valence-corrected chi connectivity index (χ0v) is 11.7. The molecule has 104 valence electrons. The van der Waals surface area contributed by atoms with Gasteiger partial charge in [-0.2, -0.15) is 0 Å². The Hall–Kier alpha value is -1.70. The number of halogens is 4. The number of nitro groups is 1. The number of hydrogen-bond acceptors (Lipinski definition) is 5. The van der Waals surface area contributed by atoms with E-state index in [4.69, 9.17) is 34.8 Å². The highest BCUT2D eigenvalue weighted by molar-refractivity contribution is 6.39. The van der Waals surface area contributed by atoms with Crippen LogP contribution >= 0.6 is 34.8 Å². The predicted molar refractivity (Wildman–Crippen MR) is 73.4 cm³/mol. The largest absolute Gasteiger partial charge is 0.348 e. The fourth-order valence-corrected chi connectivity index (χ4v) is 2.15. The minimum absolute atomic E-state index is 0.0565. The molecule has 0 saturated carbocycles. The van der Waals surface area contributed by atoms with Crippen molar-refractivity contribution in [2.75, 3.05) is 5.32 Å². The van der Waals surface area contributed by atoms with E-state index in [-0.39, 0.29) is 26.7 Å². The van der Waals surface area contributed by atoms with Gasteiger partial charge in [-0.3, -0.25) is 10.1 Å². The Morgan fingerprint density at radius 2 is 1.80 bits per heavy atom. The third-order valence-electron chi connectivity index (χ3n) is 2.21. The molecule has 0 saturated heterocycles. The zero-order chi connectivity index (χ0) is 14.9. The monoisotopic (exact) mass is 336 g/mol. The van der Waals surface area contributed by atoms with E-state index in [2.05, 4.69) is 15.3 Å². The van der Waals surface area contributed by atoms with Crippen molar-refractivity contribution in [2.45, 2.75) is 0 Å². The summed E-state index contributed by atoms with van der Waals surface area (Å²) in [4.78, 5) is 17.4. The molecule has 0 unspecified atom stereocenters. The highest BCUT2D eigenvalue weighted by Gasteiger charge is 2.23. The van der Waals surface area contributed by atoms with Gasteiger partial charge in [0, 0.05) is 0 Å². The molecular formula is C10H4Cl3FN4O2. The number of anilines is 2. The smallest absolute Gasteiger partial charge is 0.332 e. The van der Waals surface area contributed by atoms with Crippen molar-refractivity contribution in [3.8, 4) is 0 Å². The van der Waals surface area contributed by atoms with Crippen LogP contribution in [-0.4, -0.2) is 14.9 Å². The van der Waals surface area contributed by atoms with Crippen LogP contribution < -0.4 is 5.32 Å². The highest BCUT2D eigenvalue weighted by Crippen LogP contribution is 2.37. The second-order valence-corrected chi connectivity index (χ2v) is 4.66. The Morgan fingerprint density at radius 3 is 2.35 bits per heavy atom. The van der Waals surface area contributed by atoms with Gasteiger partial charge >= 0.3 is 5.69 Å². The maximum Gasteiger partial charge on any atom is 0.348 e. The maximum atomic E-state index is 13.1. The lowest BCUT2D eigenvalue weighted by atomic mass is 10.3. The van der Waals surface area contributed by atoms with E-state index in [1.165, 1.54) is 0 Å². The molecule has 0 aliphatic carbocycles. The average Bonchev–Trinajstić information content (AvgIpc) is 2.33. The molecule has 0 fully saturated rings. The Bertz CT molecular complexity index is 675. The van der Waals surface area contributed by atoms with E-state index in [1.807, 2.05) is 0 Å². The number of nitrogens with zero attached hydrogens (tertiary/aromatic N) is 3. The molecule has 0 aliphatic heterocycles. The van der Waals surface area contributed by atoms with E-state index in [1.54, 1.807) is 0 Å². The maximum absolute atomic E-state index is 13.1. The minimum Gasteiger partial charge on any atom is -0.332 e. The molecule has 0 atom stereocenters. The molecule has 0 amide bonds. The molecule has 0 bridgehead atoms. The van der Waals surface area contributed by atoms with E-state index >= 15 is 0 Å². The summed E-state index contributed by atoms with van der Waals surface area (Å²) >= 11 is 17.3. The first-order valence-corrected chi connectivity index (χ1v) is 6.10. The Kier molecular flexibility index (Phi) is 4.22. The van der Waals surface area contributed by atoms with Crippen molar-refractivity contribution in [2.24, 2.45) is 0 Å². The normalized spacial score (nSPS) is 10.4. The second kappa shape index (κ2) is 5.74. The highest BCUT2D eigenvalue weighted by atomic mass is 35.5. The van der Waals surface area contributed by atoms with E-state index in [0.717, 1.165) is 18.5 Å². The van der Waals surface area contributed by atoms with Crippen molar-refractivity contribution in [1.29, 1.82) is 0 Å². The van der Waals surface area contributed by atoms with Crippen LogP contribution in [0.25, 0.3) is 0 Å². The van der Waals surface area contributed by atoms with Crippen molar-refractivity contribution >= 4 is 52.0 Å². The lowest BCUT2D eigenvalue weighted by Gasteiger charge is -2.10. The van der Waals surface area contributed by atoms with Crippen LogP contribution in [0, 0.1) is 15.9 Å². The van der Waals surface area contributed by atoms with Crippen molar-refractivity contribution in [3.05, 3.63) is 49.6 Å². The average molecular weight is 338 g/mol. The number of hydrogen-bond donors (Lipinski definition) is 1. The first-order chi connectivity index (χ1) is 9.40. The number of nitrogens with one attached hydrogen (secondary N) is 1. The van der Waals surface area contributed by atoms with Gasteiger partial charge in [0.25, 0.3) is 0 Å². The van der Waals surface area contributed by atoms with Gasteiger partial charge in [-0.1, -0.05) is 34.8 Å². The summed E-state index contributed by atoms with van der Waals surface area (Å²) in [6.45, 7) is 0. The summed E-state index contributed by atoms with van der Waals surface area (Å²) in [6.07, 6.45) is 1.03. The van der Waals surface area contributed by atoms with Gasteiger partial charge < -0.3 is 5.32 Å². The molecule has 1 aromatic carbocycles. The van der Waals surface area contributed by atoms with Crippen LogP contribution in [0.2, 0.25) is 15.2 Å². The molecule has 0 radical (unpaired) electrons. The molecule has 20 heavy (non-hydrogen) atoms. The Balaban J connectivity index is 2.51. The quantitative estimate of drug-likeness (QED) is 0.515. The van der Waals surface area contributed by atoms with Gasteiger partial charge in [-0.15, -0.1) is 0 Å². The SMILES string of the molecule is O=[N+]([O-])c1c(Cl)ncnc1Nc1c(Cl)cc(F)cc1Cl. The minimum atomic E-state index is -0.754. The summed E-state index contributed by atoms with van der Waals surface area (Å²) in [6, 6.07) is 2.01. The summed E-state index contributed by atoms with van der Waals surface area (Å²) in [5.74, 6) is -0.842. The fourth-order valence-electron chi connectivity index (χ4n) is 1.39. The lowest BCUT2D eigenvalue weighted by molar-refractivity contribution is -0.384. The van der Waals surface area contributed by atoms with Gasteiger partial charge in [-0.25, -0.2) is 14.4 Å². The molecule has 0 spiro atoms. The van der Waals surface area contributed by atoms with Gasteiger partial charge in [0.1, 0.15) is 12.1 Å². The van der Waals surface area contributed by atoms with Gasteiger partial charge in [-0.05, 0) is 12.1 Å². The van der Waals surface area contributed by atoms with Crippen LogP contribution in [0.5, 0.6) is 0 Å². The summed E-state index contributed by atoms with van der Waals surface area (Å²) < 4.78 is 13.1. The molecule has 0 aliphatic rings. The van der Waals surface area contributed by atoms with Crippen LogP contribution in [0.15, 0.2) is 18.5 Å². The van der Waals surface area contributed by atoms with Crippen molar-refractivity contribution in [1.82, 2.24) is 9.97 Å². The first-order valence-electron chi connectivity index (χ1n) is 4.96. The molecule has 2 rings (SSSR count). The Labute approximate surface area is 126 Å². The molecule has 1 heterocycles. The molecule has 2 aromatic rings. The topological polar surface area (TPSA) is 81.0 Å². The van der Waals surface area contributed by atoms with E-state index in [0.29, 0.717) is 0 Å². The first kappa shape index (κ1) is 14.7. The van der Waals surface area contributed by atoms with Crippen molar-refractivity contribution in [3.63, 3.8) is 0 Å². The lowest BCUT2D eigenvalue weighted by Crippen LogP contribution is -2.02. The molecular weight excluding hydrogens is 333 g/mol. The summed E-state index contributed by atoms with van der Waals surface area (Å²) in [5, 5.41) is 13.0. The van der Waals surface area contributed by atoms with Crippen LogP contribution in [0.3, 0.4) is 0 Å². The predicted octanol–water partition coefficient (Wildman–Crippen LogP) is 4.23. The summed E-state index contributed by atoms with van der Waals surface area (Å²) in [7, 11) is 0. The fraction of sp³-hybridized carbons (Fsp3) is 0. The van der Waals surface area contributed by atoms with Crippen LogP contribution in [-0.2, 0) is 0 Å². The zero-order valence-electron chi connectivity index (χ0n) is 9.40. The molecule has 10 heteroatoms. The summed E-state index contributed by atoms with van der Waals surface area (Å²) in [5.41, 5.74) is -0.460. The molecule has 1 N–H and O–H groups in total. The van der Waals surface area contributed by atoms with Gasteiger partial charge in [0.05, 0.1) is 20.7 Å². The van der Waals surface area contributed by atoms with Gasteiger partial charge in [0.2, 0.25) is 11.0 Å². The third kappa shape index (κ3) is 2.90. The Morgan fingerprint density at radius 1 is 1.20 bits per heavy atom. The van der Waals surface area contributed by atoms with Crippen molar-refractivity contribution < 1.29 is 9.31 Å². The standard InChI is InChI=1S/C10H4Cl3FN4O2/c11-5-1-4(14)2-6(12)7(5)17-10-8(18(19)20)9(13)15-3-16-10/h1-3H,(H,15,16,17). The van der Waals surface area contributed by atoms with Gasteiger partial charge in [0.15, 0.2) is 0 Å². The van der Waals surface area contributed by atoms with E-state index in [9.17, 15) is 14.5 Å². The number of aromatic nitrogens is 2. The van der Waals surface area contributed by atoms with Crippen LogP contribution in [0.4, 0.5) is 21.6 Å². The van der Waals surface area contributed by atoms with Crippen LogP contribution in [0.1, 0.15) is 0 Å². The second-order valence-electron chi connectivity index (χ2n) is 3.49. The third-order valence-corrected chi connectivity index (χ3v) is 3.08.